The van der Waals surface area contributed by atoms with Crippen LogP contribution in [-0.2, 0) is 13.0 Å². The second-order valence-electron chi connectivity index (χ2n) is 4.01. The van der Waals surface area contributed by atoms with Crippen molar-refractivity contribution in [3.8, 4) is 0 Å². The molecule has 82 valence electrons. The van der Waals surface area contributed by atoms with Gasteiger partial charge < -0.3 is 4.57 Å². The number of rotatable bonds is 2. The molecule has 0 radical (unpaired) electrons. The molecule has 2 aromatic heterocycles. The molecule has 5 nitrogen and oxygen atoms in total. The van der Waals surface area contributed by atoms with E-state index in [1.54, 1.807) is 0 Å². The van der Waals surface area contributed by atoms with E-state index < -0.39 is 0 Å². The van der Waals surface area contributed by atoms with Crippen molar-refractivity contribution in [2.75, 3.05) is 0 Å². The van der Waals surface area contributed by atoms with E-state index in [4.69, 9.17) is 0 Å². The highest BCUT2D eigenvalue weighted by Crippen LogP contribution is 2.22. The van der Waals surface area contributed by atoms with E-state index in [0.29, 0.717) is 13.0 Å². The van der Waals surface area contributed by atoms with Crippen molar-refractivity contribution in [1.29, 1.82) is 0 Å². The summed E-state index contributed by atoms with van der Waals surface area (Å²) in [4.78, 5) is 15.7. The maximum Gasteiger partial charge on any atom is 0.164 e. The quantitative estimate of drug-likeness (QED) is 0.819. The molecule has 16 heavy (non-hydrogen) atoms. The SMILES string of the molecule is O=C1CCCc2c1ccn2Cc1ncn[nH]1. The summed E-state index contributed by atoms with van der Waals surface area (Å²) in [5, 5.41) is 6.64. The van der Waals surface area contributed by atoms with Crippen molar-refractivity contribution >= 4 is 5.78 Å². The third-order valence-electron chi connectivity index (χ3n) is 2.98. The number of carbonyl (C=O) groups excluding carboxylic acids is 1. The Morgan fingerprint density at radius 1 is 1.44 bits per heavy atom. The molecule has 0 spiro atoms. The zero-order chi connectivity index (χ0) is 11.0. The van der Waals surface area contributed by atoms with Crippen molar-refractivity contribution in [2.24, 2.45) is 0 Å². The maximum absolute atomic E-state index is 11.7. The zero-order valence-corrected chi connectivity index (χ0v) is 8.81. The number of ketones is 1. The van der Waals surface area contributed by atoms with Crippen LogP contribution in [0.1, 0.15) is 34.7 Å². The summed E-state index contributed by atoms with van der Waals surface area (Å²) in [7, 11) is 0. The average Bonchev–Trinajstić information content (AvgIpc) is 2.90. The number of carbonyl (C=O) groups is 1. The minimum absolute atomic E-state index is 0.262. The van der Waals surface area contributed by atoms with Gasteiger partial charge in [0.25, 0.3) is 0 Å². The number of H-pyrrole nitrogens is 1. The minimum Gasteiger partial charge on any atom is -0.343 e. The first-order valence-electron chi connectivity index (χ1n) is 5.40. The van der Waals surface area contributed by atoms with Gasteiger partial charge in [0, 0.05) is 23.9 Å². The first-order chi connectivity index (χ1) is 7.84. The van der Waals surface area contributed by atoms with E-state index >= 15 is 0 Å². The van der Waals surface area contributed by atoms with E-state index in [1.807, 2.05) is 12.3 Å². The molecule has 2 heterocycles. The Hall–Kier alpha value is -1.91. The van der Waals surface area contributed by atoms with Crippen LogP contribution in [0.4, 0.5) is 0 Å². The van der Waals surface area contributed by atoms with E-state index in [-0.39, 0.29) is 5.78 Å². The van der Waals surface area contributed by atoms with Gasteiger partial charge in [0.1, 0.15) is 12.2 Å². The Bertz CT molecular complexity index is 512. The van der Waals surface area contributed by atoms with Crippen LogP contribution in [0.25, 0.3) is 0 Å². The van der Waals surface area contributed by atoms with Gasteiger partial charge >= 0.3 is 0 Å². The summed E-state index contributed by atoms with van der Waals surface area (Å²) >= 11 is 0. The Morgan fingerprint density at radius 3 is 3.19 bits per heavy atom. The number of aromatic nitrogens is 4. The molecular formula is C11H12N4O. The molecule has 1 aliphatic rings. The summed E-state index contributed by atoms with van der Waals surface area (Å²) in [6.07, 6.45) is 6.06. The van der Waals surface area contributed by atoms with Gasteiger partial charge in [-0.25, -0.2) is 4.98 Å². The predicted molar refractivity (Wildman–Crippen MR) is 57.2 cm³/mol. The average molecular weight is 216 g/mol. The van der Waals surface area contributed by atoms with Crippen LogP contribution in [0.15, 0.2) is 18.6 Å². The Morgan fingerprint density at radius 2 is 2.38 bits per heavy atom. The smallest absolute Gasteiger partial charge is 0.164 e. The fraction of sp³-hybridized carbons (Fsp3) is 0.364. The number of hydrogen-bond donors (Lipinski definition) is 1. The molecule has 0 saturated heterocycles. The van der Waals surface area contributed by atoms with Gasteiger partial charge in [-0.05, 0) is 18.9 Å². The third-order valence-corrected chi connectivity index (χ3v) is 2.98. The van der Waals surface area contributed by atoms with Crippen LogP contribution in [0.2, 0.25) is 0 Å². The molecule has 0 fully saturated rings. The second-order valence-corrected chi connectivity index (χ2v) is 4.01. The summed E-state index contributed by atoms with van der Waals surface area (Å²) in [6, 6.07) is 1.91. The molecule has 0 saturated carbocycles. The molecule has 0 unspecified atom stereocenters. The van der Waals surface area contributed by atoms with Crippen LogP contribution < -0.4 is 0 Å². The number of nitrogens with zero attached hydrogens (tertiary/aromatic N) is 3. The van der Waals surface area contributed by atoms with Crippen LogP contribution in [0, 0.1) is 0 Å². The molecule has 1 aliphatic carbocycles. The number of fused-ring (bicyclic) bond motifs is 1. The molecular weight excluding hydrogens is 204 g/mol. The summed E-state index contributed by atoms with van der Waals surface area (Å²) in [6.45, 7) is 0.655. The monoisotopic (exact) mass is 216 g/mol. The van der Waals surface area contributed by atoms with Gasteiger partial charge in [0.05, 0.1) is 6.54 Å². The van der Waals surface area contributed by atoms with Crippen molar-refractivity contribution in [3.63, 3.8) is 0 Å². The molecule has 0 aliphatic heterocycles. The van der Waals surface area contributed by atoms with Gasteiger partial charge in [0.15, 0.2) is 5.78 Å². The lowest BCUT2D eigenvalue weighted by Crippen LogP contribution is -2.13. The Kier molecular flexibility index (Phi) is 2.09. The van der Waals surface area contributed by atoms with E-state index in [2.05, 4.69) is 19.7 Å². The largest absolute Gasteiger partial charge is 0.343 e. The molecule has 3 rings (SSSR count). The first-order valence-corrected chi connectivity index (χ1v) is 5.40. The maximum atomic E-state index is 11.7. The highest BCUT2D eigenvalue weighted by Gasteiger charge is 2.20. The molecule has 1 N–H and O–H groups in total. The summed E-state index contributed by atoms with van der Waals surface area (Å²) in [5.41, 5.74) is 2.01. The molecule has 0 aromatic carbocycles. The topological polar surface area (TPSA) is 63.6 Å². The highest BCUT2D eigenvalue weighted by atomic mass is 16.1. The molecule has 0 bridgehead atoms. The fourth-order valence-electron chi connectivity index (χ4n) is 2.21. The lowest BCUT2D eigenvalue weighted by molar-refractivity contribution is 0.0972. The predicted octanol–water partition coefficient (Wildman–Crippen LogP) is 1.17. The van der Waals surface area contributed by atoms with Gasteiger partial charge in [-0.15, -0.1) is 0 Å². The number of nitrogens with one attached hydrogen (secondary N) is 1. The van der Waals surface area contributed by atoms with Crippen molar-refractivity contribution in [2.45, 2.75) is 25.8 Å². The van der Waals surface area contributed by atoms with E-state index in [1.165, 1.54) is 6.33 Å². The first kappa shape index (κ1) is 9.33. The molecule has 0 amide bonds. The zero-order valence-electron chi connectivity index (χ0n) is 8.81. The van der Waals surface area contributed by atoms with Crippen LogP contribution in [0.3, 0.4) is 0 Å². The normalized spacial score (nSPS) is 15.1. The highest BCUT2D eigenvalue weighted by molar-refractivity contribution is 5.98. The molecule has 5 heteroatoms. The van der Waals surface area contributed by atoms with Gasteiger partial charge in [0.2, 0.25) is 0 Å². The van der Waals surface area contributed by atoms with Gasteiger partial charge in [-0.3, -0.25) is 9.89 Å². The van der Waals surface area contributed by atoms with Crippen molar-refractivity contribution < 1.29 is 4.79 Å². The number of hydrogen-bond acceptors (Lipinski definition) is 3. The fourth-order valence-corrected chi connectivity index (χ4v) is 2.21. The van der Waals surface area contributed by atoms with Gasteiger partial charge in [-0.1, -0.05) is 0 Å². The minimum atomic E-state index is 0.262. The van der Waals surface area contributed by atoms with Crippen molar-refractivity contribution in [1.82, 2.24) is 19.7 Å². The number of aromatic amines is 1. The molecule has 0 atom stereocenters. The van der Waals surface area contributed by atoms with E-state index in [9.17, 15) is 4.79 Å². The number of Topliss-reactive ketones (excluding diaryl/α,β-unsaturated/α-hetero) is 1. The summed E-state index contributed by atoms with van der Waals surface area (Å²) in [5.74, 6) is 1.08. The van der Waals surface area contributed by atoms with Crippen molar-refractivity contribution in [3.05, 3.63) is 35.7 Å². The molecule has 2 aromatic rings. The lowest BCUT2D eigenvalue weighted by Gasteiger charge is -2.13. The standard InChI is InChI=1S/C11H12N4O/c16-10-3-1-2-9-8(10)4-5-15(9)6-11-12-7-13-14-11/h4-5,7H,1-3,6H2,(H,12,13,14). The Balaban J connectivity index is 1.94. The third kappa shape index (κ3) is 1.44. The lowest BCUT2D eigenvalue weighted by atomic mass is 9.97. The van der Waals surface area contributed by atoms with Crippen LogP contribution in [0.5, 0.6) is 0 Å². The van der Waals surface area contributed by atoms with Crippen LogP contribution in [-0.4, -0.2) is 25.5 Å². The van der Waals surface area contributed by atoms with Crippen LogP contribution >= 0.6 is 0 Å². The van der Waals surface area contributed by atoms with E-state index in [0.717, 1.165) is 29.9 Å². The summed E-state index contributed by atoms with van der Waals surface area (Å²) < 4.78 is 2.08. The Labute approximate surface area is 92.5 Å². The second kappa shape index (κ2) is 3.59. The van der Waals surface area contributed by atoms with Gasteiger partial charge in [-0.2, -0.15) is 5.10 Å².